The lowest BCUT2D eigenvalue weighted by atomic mass is 10.1. The van der Waals surface area contributed by atoms with Gasteiger partial charge >= 0.3 is 0 Å². The zero-order valence-electron chi connectivity index (χ0n) is 18.3. The summed E-state index contributed by atoms with van der Waals surface area (Å²) in [6.45, 7) is 5.73. The Labute approximate surface area is 197 Å². The molecule has 0 radical (unpaired) electrons. The lowest BCUT2D eigenvalue weighted by Crippen LogP contribution is -2.40. The quantitative estimate of drug-likeness (QED) is 0.199. The van der Waals surface area contributed by atoms with Crippen molar-refractivity contribution in [3.63, 3.8) is 0 Å². The van der Waals surface area contributed by atoms with Crippen molar-refractivity contribution in [2.45, 2.75) is 26.3 Å². The standard InChI is InChI=1S/C20H34N4O4S.HI/c1-16-6-7-18(19(12-16)28-11-5-10-27-3)14-23-20(21-2)22-13-17-8-9-24(15-17)29(4,25)26;/h6-7,12,17H,5,8-11,13-15H2,1-4H3,(H2,21,22,23);1H. The molecule has 8 nitrogen and oxygen atoms in total. The summed E-state index contributed by atoms with van der Waals surface area (Å²) in [5.41, 5.74) is 2.20. The van der Waals surface area contributed by atoms with Gasteiger partial charge < -0.3 is 20.1 Å². The van der Waals surface area contributed by atoms with E-state index in [0.29, 0.717) is 45.4 Å². The number of aryl methyl sites for hydroxylation is 1. The van der Waals surface area contributed by atoms with Gasteiger partial charge in [0, 0.05) is 58.9 Å². The average Bonchev–Trinajstić information content (AvgIpc) is 3.16. The zero-order chi connectivity index (χ0) is 21.3. The SMILES string of the molecule is CN=C(NCc1ccc(C)cc1OCCCOC)NCC1CCN(S(C)(=O)=O)C1.I. The third kappa shape index (κ3) is 8.94. The number of rotatable bonds is 10. The van der Waals surface area contributed by atoms with E-state index in [1.165, 1.54) is 10.6 Å². The van der Waals surface area contributed by atoms with E-state index < -0.39 is 10.0 Å². The fourth-order valence-electron chi connectivity index (χ4n) is 3.23. The van der Waals surface area contributed by atoms with Crippen molar-refractivity contribution < 1.29 is 17.9 Å². The highest BCUT2D eigenvalue weighted by Gasteiger charge is 2.28. The molecule has 30 heavy (non-hydrogen) atoms. The molecule has 1 saturated heterocycles. The van der Waals surface area contributed by atoms with Crippen molar-refractivity contribution in [1.82, 2.24) is 14.9 Å². The summed E-state index contributed by atoms with van der Waals surface area (Å²) in [5, 5.41) is 6.62. The molecule has 0 spiro atoms. The lowest BCUT2D eigenvalue weighted by molar-refractivity contribution is 0.171. The Kier molecular flexibility index (Phi) is 12.0. The fraction of sp³-hybridized carbons (Fsp3) is 0.650. The van der Waals surface area contributed by atoms with Crippen LogP contribution in [0.2, 0.25) is 0 Å². The van der Waals surface area contributed by atoms with Crippen LogP contribution < -0.4 is 15.4 Å². The average molecular weight is 554 g/mol. The molecule has 10 heteroatoms. The Morgan fingerprint density at radius 3 is 2.70 bits per heavy atom. The van der Waals surface area contributed by atoms with Gasteiger partial charge in [0.2, 0.25) is 10.0 Å². The highest BCUT2D eigenvalue weighted by molar-refractivity contribution is 14.0. The first-order chi connectivity index (χ1) is 13.8. The van der Waals surface area contributed by atoms with Gasteiger partial charge in [-0.1, -0.05) is 12.1 Å². The minimum atomic E-state index is -3.11. The van der Waals surface area contributed by atoms with Gasteiger partial charge in [0.1, 0.15) is 5.75 Å². The van der Waals surface area contributed by atoms with E-state index in [9.17, 15) is 8.42 Å². The van der Waals surface area contributed by atoms with Gasteiger partial charge in [-0.05, 0) is 30.9 Å². The Morgan fingerprint density at radius 2 is 2.07 bits per heavy atom. The molecule has 2 N–H and O–H groups in total. The minimum Gasteiger partial charge on any atom is -0.493 e. The maximum atomic E-state index is 11.7. The number of guanidine groups is 1. The number of hydrogen-bond donors (Lipinski definition) is 2. The van der Waals surface area contributed by atoms with Crippen molar-refractivity contribution in [2.24, 2.45) is 10.9 Å². The van der Waals surface area contributed by atoms with Crippen molar-refractivity contribution >= 4 is 40.0 Å². The second-order valence-electron chi connectivity index (χ2n) is 7.39. The summed E-state index contributed by atoms with van der Waals surface area (Å²) in [7, 11) is 0.304. The van der Waals surface area contributed by atoms with E-state index in [0.717, 1.165) is 29.7 Å². The van der Waals surface area contributed by atoms with Gasteiger partial charge in [0.15, 0.2) is 5.96 Å². The van der Waals surface area contributed by atoms with Crippen LogP contribution in [0.3, 0.4) is 0 Å². The molecule has 1 aliphatic heterocycles. The third-order valence-electron chi connectivity index (χ3n) is 4.92. The second kappa shape index (κ2) is 13.3. The minimum absolute atomic E-state index is 0. The van der Waals surface area contributed by atoms with E-state index in [-0.39, 0.29) is 29.9 Å². The zero-order valence-corrected chi connectivity index (χ0v) is 21.5. The van der Waals surface area contributed by atoms with Crippen molar-refractivity contribution in [1.29, 1.82) is 0 Å². The summed E-state index contributed by atoms with van der Waals surface area (Å²) in [6, 6.07) is 6.16. The van der Waals surface area contributed by atoms with Crippen LogP contribution in [-0.2, 0) is 21.3 Å². The van der Waals surface area contributed by atoms with Crippen LogP contribution >= 0.6 is 24.0 Å². The third-order valence-corrected chi connectivity index (χ3v) is 6.19. The van der Waals surface area contributed by atoms with Crippen molar-refractivity contribution in [2.75, 3.05) is 53.3 Å². The first-order valence-electron chi connectivity index (χ1n) is 9.94. The number of sulfonamides is 1. The first-order valence-corrected chi connectivity index (χ1v) is 11.8. The molecular formula is C20H35IN4O4S. The highest BCUT2D eigenvalue weighted by atomic mass is 127. The molecule has 1 aromatic rings. The van der Waals surface area contributed by atoms with E-state index in [2.05, 4.69) is 27.8 Å². The van der Waals surface area contributed by atoms with E-state index in [4.69, 9.17) is 9.47 Å². The molecule has 1 aliphatic rings. The van der Waals surface area contributed by atoms with Crippen molar-refractivity contribution in [3.05, 3.63) is 29.3 Å². The Balaban J connectivity index is 0.00000450. The summed E-state index contributed by atoms with van der Waals surface area (Å²) in [4.78, 5) is 4.27. The van der Waals surface area contributed by atoms with Crippen LogP contribution in [0, 0.1) is 12.8 Å². The molecule has 2 rings (SSSR count). The smallest absolute Gasteiger partial charge is 0.211 e. The number of aliphatic imine (C=N–C) groups is 1. The molecule has 1 heterocycles. The predicted molar refractivity (Wildman–Crippen MR) is 131 cm³/mol. The topological polar surface area (TPSA) is 92.3 Å². The number of benzene rings is 1. The number of nitrogens with one attached hydrogen (secondary N) is 2. The number of ether oxygens (including phenoxy) is 2. The molecule has 1 fully saturated rings. The van der Waals surface area contributed by atoms with E-state index in [1.807, 2.05) is 13.0 Å². The fourth-order valence-corrected chi connectivity index (χ4v) is 4.15. The van der Waals surface area contributed by atoms with Gasteiger partial charge in [0.25, 0.3) is 0 Å². The number of nitrogens with zero attached hydrogens (tertiary/aromatic N) is 2. The molecule has 1 aromatic carbocycles. The Hall–Kier alpha value is -1.11. The molecule has 0 bridgehead atoms. The first kappa shape index (κ1) is 26.9. The predicted octanol–water partition coefficient (Wildman–Crippen LogP) is 1.97. The van der Waals surface area contributed by atoms with Gasteiger partial charge in [-0.2, -0.15) is 0 Å². The second-order valence-corrected chi connectivity index (χ2v) is 9.37. The van der Waals surface area contributed by atoms with Gasteiger partial charge in [-0.15, -0.1) is 24.0 Å². The normalized spacial score (nSPS) is 17.5. The molecule has 0 aromatic heterocycles. The maximum absolute atomic E-state index is 11.7. The van der Waals surface area contributed by atoms with Gasteiger partial charge in [0.05, 0.1) is 12.9 Å². The van der Waals surface area contributed by atoms with Gasteiger partial charge in [-0.3, -0.25) is 4.99 Å². The van der Waals surface area contributed by atoms with Crippen LogP contribution in [-0.4, -0.2) is 71.9 Å². The highest BCUT2D eigenvalue weighted by Crippen LogP contribution is 2.21. The molecule has 1 unspecified atom stereocenters. The summed E-state index contributed by atoms with van der Waals surface area (Å²) < 4.78 is 35.8. The largest absolute Gasteiger partial charge is 0.493 e. The molecule has 1 atom stereocenters. The number of hydrogen-bond acceptors (Lipinski definition) is 5. The molecule has 0 amide bonds. The number of halogens is 1. The summed E-state index contributed by atoms with van der Waals surface area (Å²) in [5.74, 6) is 1.83. The molecule has 172 valence electrons. The molecular weight excluding hydrogens is 519 g/mol. The molecule has 0 aliphatic carbocycles. The Bertz CT molecular complexity index is 789. The number of methoxy groups -OCH3 is 1. The van der Waals surface area contributed by atoms with Crippen LogP contribution in [0.25, 0.3) is 0 Å². The van der Waals surface area contributed by atoms with Crippen LogP contribution in [0.5, 0.6) is 5.75 Å². The van der Waals surface area contributed by atoms with E-state index >= 15 is 0 Å². The van der Waals surface area contributed by atoms with Gasteiger partial charge in [-0.25, -0.2) is 12.7 Å². The lowest BCUT2D eigenvalue weighted by Gasteiger charge is -2.17. The van der Waals surface area contributed by atoms with Crippen LogP contribution in [0.15, 0.2) is 23.2 Å². The van der Waals surface area contributed by atoms with Crippen LogP contribution in [0.1, 0.15) is 24.0 Å². The monoisotopic (exact) mass is 554 g/mol. The summed E-state index contributed by atoms with van der Waals surface area (Å²) in [6.07, 6.45) is 2.96. The Morgan fingerprint density at radius 1 is 1.30 bits per heavy atom. The van der Waals surface area contributed by atoms with E-state index in [1.54, 1.807) is 14.2 Å². The molecule has 0 saturated carbocycles. The maximum Gasteiger partial charge on any atom is 0.211 e. The van der Waals surface area contributed by atoms with Crippen LogP contribution in [0.4, 0.5) is 0 Å². The summed E-state index contributed by atoms with van der Waals surface area (Å²) >= 11 is 0. The van der Waals surface area contributed by atoms with Crippen molar-refractivity contribution in [3.8, 4) is 5.75 Å².